The molecule has 0 radical (unpaired) electrons. The molecule has 1 heterocycles. The average Bonchev–Trinajstić information content (AvgIpc) is 2.67. The Kier molecular flexibility index (Phi) is 5.40. The van der Waals surface area contributed by atoms with Gasteiger partial charge in [-0.15, -0.1) is 6.58 Å². The molecule has 0 aromatic rings. The van der Waals surface area contributed by atoms with Crippen LogP contribution in [-0.2, 0) is 0 Å². The minimum Gasteiger partial charge on any atom is -0.374 e. The Bertz CT molecular complexity index is 226. The van der Waals surface area contributed by atoms with Crippen molar-refractivity contribution in [3.8, 4) is 0 Å². The van der Waals surface area contributed by atoms with Gasteiger partial charge in [0.25, 0.3) is 0 Å². The molecule has 0 aliphatic carbocycles. The summed E-state index contributed by atoms with van der Waals surface area (Å²) in [6.07, 6.45) is 6.59. The normalized spacial score (nSPS) is 17.7. The molecule has 0 spiro atoms. The summed E-state index contributed by atoms with van der Waals surface area (Å²) >= 11 is 0. The number of aliphatic imine (C=N–C) groups is 1. The van der Waals surface area contributed by atoms with Crippen molar-refractivity contribution in [2.45, 2.75) is 45.3 Å². The van der Waals surface area contributed by atoms with Gasteiger partial charge in [-0.2, -0.15) is 0 Å². The van der Waals surface area contributed by atoms with Gasteiger partial charge in [0.15, 0.2) is 0 Å². The Balaban J connectivity index is 2.34. The van der Waals surface area contributed by atoms with Gasteiger partial charge in [-0.3, -0.25) is 4.99 Å². The van der Waals surface area contributed by atoms with Gasteiger partial charge in [0.05, 0.1) is 6.54 Å². The largest absolute Gasteiger partial charge is 0.374 e. The van der Waals surface area contributed by atoms with Crippen molar-refractivity contribution in [3.63, 3.8) is 0 Å². The summed E-state index contributed by atoms with van der Waals surface area (Å²) in [5.74, 6) is 0.994. The molecule has 0 saturated heterocycles. The van der Waals surface area contributed by atoms with E-state index < -0.39 is 0 Å². The lowest BCUT2D eigenvalue weighted by atomic mass is 10.1. The van der Waals surface area contributed by atoms with Gasteiger partial charge in [-0.1, -0.05) is 25.8 Å². The number of amidine groups is 1. The van der Waals surface area contributed by atoms with E-state index in [4.69, 9.17) is 0 Å². The van der Waals surface area contributed by atoms with Crippen molar-refractivity contribution in [1.82, 2.24) is 4.90 Å². The molecule has 0 saturated carbocycles. The van der Waals surface area contributed by atoms with E-state index in [-0.39, 0.29) is 6.23 Å². The molecular formula is C12H22N2O. The van der Waals surface area contributed by atoms with Crippen LogP contribution in [0.25, 0.3) is 0 Å². The number of nitrogens with zero attached hydrogens (tertiary/aromatic N) is 2. The second-order valence-corrected chi connectivity index (χ2v) is 3.96. The van der Waals surface area contributed by atoms with Crippen LogP contribution in [0.2, 0.25) is 0 Å². The van der Waals surface area contributed by atoms with Crippen LogP contribution in [0.1, 0.15) is 39.0 Å². The molecule has 86 valence electrons. The van der Waals surface area contributed by atoms with Gasteiger partial charge in [-0.05, 0) is 12.8 Å². The average molecular weight is 210 g/mol. The molecule has 0 aromatic carbocycles. The second kappa shape index (κ2) is 6.62. The highest BCUT2D eigenvalue weighted by Crippen LogP contribution is 2.13. The Morgan fingerprint density at radius 3 is 3.07 bits per heavy atom. The van der Waals surface area contributed by atoms with Crippen molar-refractivity contribution < 1.29 is 5.11 Å². The van der Waals surface area contributed by atoms with E-state index in [1.807, 2.05) is 11.0 Å². The summed E-state index contributed by atoms with van der Waals surface area (Å²) in [5.41, 5.74) is 0. The van der Waals surface area contributed by atoms with Gasteiger partial charge in [0.2, 0.25) is 0 Å². The summed E-state index contributed by atoms with van der Waals surface area (Å²) < 4.78 is 0. The molecule has 0 bridgehead atoms. The van der Waals surface area contributed by atoms with E-state index in [0.717, 1.165) is 38.2 Å². The van der Waals surface area contributed by atoms with Crippen molar-refractivity contribution in [2.75, 3.05) is 13.1 Å². The quantitative estimate of drug-likeness (QED) is 0.516. The minimum absolute atomic E-state index is 0.349. The topological polar surface area (TPSA) is 35.8 Å². The maximum absolute atomic E-state index is 9.98. The lowest BCUT2D eigenvalue weighted by Crippen LogP contribution is -2.37. The fourth-order valence-electron chi connectivity index (χ4n) is 1.87. The number of unbranched alkanes of at least 4 members (excludes halogenated alkanes) is 2. The zero-order chi connectivity index (χ0) is 11.1. The van der Waals surface area contributed by atoms with E-state index in [2.05, 4.69) is 18.5 Å². The van der Waals surface area contributed by atoms with Crippen LogP contribution in [0.3, 0.4) is 0 Å². The van der Waals surface area contributed by atoms with Crippen LogP contribution >= 0.6 is 0 Å². The van der Waals surface area contributed by atoms with Gasteiger partial charge < -0.3 is 10.0 Å². The number of aliphatic hydroxyl groups is 1. The first kappa shape index (κ1) is 12.2. The van der Waals surface area contributed by atoms with E-state index >= 15 is 0 Å². The molecule has 1 N–H and O–H groups in total. The van der Waals surface area contributed by atoms with Gasteiger partial charge in [-0.25, -0.2) is 0 Å². The highest BCUT2D eigenvalue weighted by Gasteiger charge is 2.21. The third-order valence-corrected chi connectivity index (χ3v) is 2.72. The van der Waals surface area contributed by atoms with Crippen molar-refractivity contribution in [2.24, 2.45) is 4.99 Å². The first-order valence-electron chi connectivity index (χ1n) is 5.88. The van der Waals surface area contributed by atoms with Crippen LogP contribution < -0.4 is 0 Å². The summed E-state index contributed by atoms with van der Waals surface area (Å²) in [5, 5.41) is 9.98. The molecule has 3 nitrogen and oxygen atoms in total. The lowest BCUT2D eigenvalue weighted by Gasteiger charge is -2.26. The fraction of sp³-hybridized carbons (Fsp3) is 0.750. The third kappa shape index (κ3) is 3.67. The molecule has 0 aromatic heterocycles. The second-order valence-electron chi connectivity index (χ2n) is 3.96. The van der Waals surface area contributed by atoms with Crippen LogP contribution in [0.5, 0.6) is 0 Å². The summed E-state index contributed by atoms with van der Waals surface area (Å²) in [6, 6.07) is 0. The summed E-state index contributed by atoms with van der Waals surface area (Å²) in [6.45, 7) is 7.55. The number of hydrogen-bond acceptors (Lipinski definition) is 3. The summed E-state index contributed by atoms with van der Waals surface area (Å²) in [7, 11) is 0. The first-order valence-corrected chi connectivity index (χ1v) is 5.88. The third-order valence-electron chi connectivity index (χ3n) is 2.72. The maximum atomic E-state index is 9.98. The molecule has 15 heavy (non-hydrogen) atoms. The standard InChI is InChI=1S/C12H22N2O/c1-3-5-6-8-12(15)14-10-9-13-11(14)7-4-2/h4,12,15H,2-3,5-10H2,1H3. The Hall–Kier alpha value is -0.830. The van der Waals surface area contributed by atoms with Gasteiger partial charge in [0, 0.05) is 13.0 Å². The monoisotopic (exact) mass is 210 g/mol. The number of aliphatic hydroxyl groups excluding tert-OH is 1. The number of hydrogen-bond donors (Lipinski definition) is 1. The highest BCUT2D eigenvalue weighted by atomic mass is 16.3. The van der Waals surface area contributed by atoms with Crippen molar-refractivity contribution in [1.29, 1.82) is 0 Å². The Morgan fingerprint density at radius 2 is 2.40 bits per heavy atom. The Labute approximate surface area is 92.5 Å². The molecule has 1 unspecified atom stereocenters. The van der Waals surface area contributed by atoms with E-state index in [1.165, 1.54) is 12.8 Å². The van der Waals surface area contributed by atoms with E-state index in [0.29, 0.717) is 0 Å². The van der Waals surface area contributed by atoms with Crippen molar-refractivity contribution in [3.05, 3.63) is 12.7 Å². The van der Waals surface area contributed by atoms with Crippen LogP contribution in [0.4, 0.5) is 0 Å². The van der Waals surface area contributed by atoms with E-state index in [1.54, 1.807) is 0 Å². The molecule has 1 rings (SSSR count). The van der Waals surface area contributed by atoms with Crippen LogP contribution in [-0.4, -0.2) is 35.2 Å². The van der Waals surface area contributed by atoms with Crippen molar-refractivity contribution >= 4 is 5.84 Å². The first-order chi connectivity index (χ1) is 7.29. The predicted molar refractivity (Wildman–Crippen MR) is 64.0 cm³/mol. The molecule has 3 heteroatoms. The molecule has 1 aliphatic heterocycles. The lowest BCUT2D eigenvalue weighted by molar-refractivity contribution is 0.0495. The molecule has 0 fully saturated rings. The van der Waals surface area contributed by atoms with Gasteiger partial charge >= 0.3 is 0 Å². The van der Waals surface area contributed by atoms with Crippen LogP contribution in [0.15, 0.2) is 17.6 Å². The fourth-order valence-corrected chi connectivity index (χ4v) is 1.87. The molecule has 1 atom stereocenters. The zero-order valence-corrected chi connectivity index (χ0v) is 9.65. The SMILES string of the molecule is C=CCC1=NCCN1C(O)CCCCC. The highest BCUT2D eigenvalue weighted by molar-refractivity contribution is 5.85. The molecular weight excluding hydrogens is 188 g/mol. The number of rotatable bonds is 7. The van der Waals surface area contributed by atoms with Gasteiger partial charge in [0.1, 0.15) is 12.1 Å². The smallest absolute Gasteiger partial charge is 0.127 e. The predicted octanol–water partition coefficient (Wildman–Crippen LogP) is 2.18. The summed E-state index contributed by atoms with van der Waals surface area (Å²) in [4.78, 5) is 6.38. The molecule has 1 aliphatic rings. The van der Waals surface area contributed by atoms with E-state index in [9.17, 15) is 5.11 Å². The zero-order valence-electron chi connectivity index (χ0n) is 9.65. The Morgan fingerprint density at radius 1 is 1.60 bits per heavy atom. The van der Waals surface area contributed by atoms with Crippen LogP contribution in [0, 0.1) is 0 Å². The molecule has 0 amide bonds. The minimum atomic E-state index is -0.349. The maximum Gasteiger partial charge on any atom is 0.127 e.